The number of methoxy groups -OCH3 is 1. The summed E-state index contributed by atoms with van der Waals surface area (Å²) in [5, 5.41) is 0. The molecule has 2 fully saturated rings. The fourth-order valence-corrected chi connectivity index (χ4v) is 5.83. The molecule has 222 valence electrons. The lowest BCUT2D eigenvalue weighted by molar-refractivity contribution is -0.0368. The van der Waals surface area contributed by atoms with Crippen LogP contribution in [-0.2, 0) is 5.60 Å². The number of hydrogen-bond donors (Lipinski definition) is 0. The summed E-state index contributed by atoms with van der Waals surface area (Å²) in [6.45, 7) is 5.67. The summed E-state index contributed by atoms with van der Waals surface area (Å²) in [4.78, 5) is 6.75. The summed E-state index contributed by atoms with van der Waals surface area (Å²) in [7, 11) is 1.66. The maximum absolute atomic E-state index is 14.7. The van der Waals surface area contributed by atoms with Crippen LogP contribution < -0.4 is 14.4 Å². The fourth-order valence-electron chi connectivity index (χ4n) is 5.83. The molecule has 42 heavy (non-hydrogen) atoms. The van der Waals surface area contributed by atoms with Crippen LogP contribution in [0.5, 0.6) is 11.5 Å². The Kier molecular flexibility index (Phi) is 8.90. The van der Waals surface area contributed by atoms with Gasteiger partial charge in [0, 0.05) is 52.1 Å². The second kappa shape index (κ2) is 12.6. The van der Waals surface area contributed by atoms with E-state index in [1.54, 1.807) is 44.4 Å². The monoisotopic (exact) mass is 585 g/mol. The Morgan fingerprint density at radius 2 is 1.26 bits per heavy atom. The van der Waals surface area contributed by atoms with Gasteiger partial charge in [-0.2, -0.15) is 8.78 Å². The van der Waals surface area contributed by atoms with E-state index in [4.69, 9.17) is 9.47 Å². The third-order valence-electron chi connectivity index (χ3n) is 8.08. The number of rotatable bonds is 7. The summed E-state index contributed by atoms with van der Waals surface area (Å²) in [5.74, 6) is -4.34. The third kappa shape index (κ3) is 5.63. The topological polar surface area (TPSA) is 28.2 Å². The van der Waals surface area contributed by atoms with Crippen LogP contribution in [0.4, 0.5) is 27.6 Å². The number of nitrogens with zero attached hydrogens (tertiary/aromatic N) is 3. The van der Waals surface area contributed by atoms with Gasteiger partial charge >= 0.3 is 0 Å². The van der Waals surface area contributed by atoms with Gasteiger partial charge in [-0.25, -0.2) is 13.2 Å². The number of para-hydroxylation sites is 2. The second-order valence-corrected chi connectivity index (χ2v) is 10.4. The zero-order valence-electron chi connectivity index (χ0n) is 23.5. The Balaban J connectivity index is 1.35. The molecule has 0 N–H and O–H groups in total. The van der Waals surface area contributed by atoms with Crippen LogP contribution in [0.3, 0.4) is 0 Å². The minimum atomic E-state index is -2.22. The van der Waals surface area contributed by atoms with E-state index in [0.29, 0.717) is 18.7 Å². The van der Waals surface area contributed by atoms with Gasteiger partial charge in [0.05, 0.1) is 12.8 Å². The molecule has 2 aliphatic heterocycles. The van der Waals surface area contributed by atoms with Crippen LogP contribution in [0.1, 0.15) is 25.3 Å². The van der Waals surface area contributed by atoms with Crippen molar-refractivity contribution in [1.82, 2.24) is 9.80 Å². The van der Waals surface area contributed by atoms with E-state index in [1.165, 1.54) is 0 Å². The maximum Gasteiger partial charge on any atom is 0.207 e. The molecule has 3 aromatic rings. The van der Waals surface area contributed by atoms with Crippen molar-refractivity contribution in [2.24, 2.45) is 0 Å². The second-order valence-electron chi connectivity index (χ2n) is 10.4. The molecule has 5 rings (SSSR count). The molecular weight excluding hydrogens is 553 g/mol. The van der Waals surface area contributed by atoms with E-state index in [9.17, 15) is 22.0 Å². The number of halogens is 5. The molecule has 10 heteroatoms. The van der Waals surface area contributed by atoms with Gasteiger partial charge in [-0.3, -0.25) is 9.80 Å². The number of piperidine rings is 1. The molecule has 3 aromatic carbocycles. The number of benzene rings is 3. The van der Waals surface area contributed by atoms with Gasteiger partial charge in [-0.1, -0.05) is 48.4 Å². The Bertz CT molecular complexity index is 1430. The first-order valence-corrected chi connectivity index (χ1v) is 13.8. The van der Waals surface area contributed by atoms with Crippen LogP contribution in [-0.4, -0.2) is 62.3 Å². The smallest absolute Gasteiger partial charge is 0.207 e. The summed E-state index contributed by atoms with van der Waals surface area (Å²) >= 11 is 0. The highest BCUT2D eigenvalue weighted by atomic mass is 19.2. The van der Waals surface area contributed by atoms with E-state index in [2.05, 4.69) is 26.5 Å². The van der Waals surface area contributed by atoms with Crippen LogP contribution in [0.2, 0.25) is 0 Å². The number of piperazine rings is 1. The van der Waals surface area contributed by atoms with Crippen molar-refractivity contribution in [1.29, 1.82) is 0 Å². The van der Waals surface area contributed by atoms with Crippen LogP contribution >= 0.6 is 0 Å². The molecule has 0 aliphatic carbocycles. The molecule has 1 unspecified atom stereocenters. The number of anilines is 1. The van der Waals surface area contributed by atoms with Crippen molar-refractivity contribution < 1.29 is 31.4 Å². The minimum absolute atomic E-state index is 0.210. The number of hydrogen-bond acceptors (Lipinski definition) is 5. The van der Waals surface area contributed by atoms with Gasteiger partial charge in [0.1, 0.15) is 17.5 Å². The first-order valence-electron chi connectivity index (χ1n) is 13.8. The highest BCUT2D eigenvalue weighted by molar-refractivity contribution is 5.58. The van der Waals surface area contributed by atoms with E-state index in [-0.39, 0.29) is 19.0 Å². The quantitative estimate of drug-likeness (QED) is 0.148. The van der Waals surface area contributed by atoms with Crippen LogP contribution in [0.15, 0.2) is 54.6 Å². The van der Waals surface area contributed by atoms with E-state index >= 15 is 0 Å². The third-order valence-corrected chi connectivity index (χ3v) is 8.08. The van der Waals surface area contributed by atoms with Crippen molar-refractivity contribution >= 4 is 5.69 Å². The Morgan fingerprint density at radius 1 is 0.714 bits per heavy atom. The highest BCUT2D eigenvalue weighted by Crippen LogP contribution is 2.41. The Hall–Kier alpha value is -3.81. The van der Waals surface area contributed by atoms with Crippen molar-refractivity contribution in [3.63, 3.8) is 0 Å². The van der Waals surface area contributed by atoms with Gasteiger partial charge in [0.25, 0.3) is 0 Å². The molecule has 5 nitrogen and oxygen atoms in total. The standard InChI is InChI=1S/C32H32F5N3O2/c1-3-9-25(40-20-18-38(19-21-40)23-12-7-8-13-24(23)41-2)39-16-14-32(15-17-39,22-10-5-4-6-11-22)42-31-29(36)27(34)26(33)28(35)30(31)37/h4-8,10-13,25H,14-21H2,1-2H3. The molecule has 0 radical (unpaired) electrons. The molecule has 2 heterocycles. The summed E-state index contributed by atoms with van der Waals surface area (Å²) in [6, 6.07) is 16.6. The first-order chi connectivity index (χ1) is 20.3. The van der Waals surface area contributed by atoms with Crippen LogP contribution in [0.25, 0.3) is 0 Å². The normalized spacial score (nSPS) is 18.2. The predicted octanol–water partition coefficient (Wildman–Crippen LogP) is 5.93. The van der Waals surface area contributed by atoms with Gasteiger partial charge in [0.2, 0.25) is 29.1 Å². The fraction of sp³-hybridized carbons (Fsp3) is 0.375. The lowest BCUT2D eigenvalue weighted by Gasteiger charge is -2.47. The maximum atomic E-state index is 14.7. The van der Waals surface area contributed by atoms with Gasteiger partial charge < -0.3 is 14.4 Å². The zero-order chi connectivity index (χ0) is 29.9. The molecule has 0 bridgehead atoms. The Morgan fingerprint density at radius 3 is 1.86 bits per heavy atom. The number of ether oxygens (including phenoxy) is 2. The first kappa shape index (κ1) is 29.7. The largest absolute Gasteiger partial charge is 0.495 e. The van der Waals surface area contributed by atoms with Crippen molar-refractivity contribution in [2.75, 3.05) is 51.3 Å². The SMILES string of the molecule is CC#CC(N1CCN(c2ccccc2OC)CC1)N1CCC(Oc2c(F)c(F)c(F)c(F)c2F)(c2ccccc2)CC1. The molecule has 0 spiro atoms. The van der Waals surface area contributed by atoms with Gasteiger partial charge in [0.15, 0.2) is 5.75 Å². The molecule has 0 saturated carbocycles. The molecule has 2 aliphatic rings. The highest BCUT2D eigenvalue weighted by Gasteiger charge is 2.43. The van der Waals surface area contributed by atoms with E-state index in [1.807, 2.05) is 24.3 Å². The lowest BCUT2D eigenvalue weighted by Crippen LogP contribution is -2.58. The van der Waals surface area contributed by atoms with Gasteiger partial charge in [-0.05, 0) is 24.6 Å². The molecule has 0 aromatic heterocycles. The average molecular weight is 586 g/mol. The van der Waals surface area contributed by atoms with E-state index < -0.39 is 40.4 Å². The molecule has 1 atom stereocenters. The van der Waals surface area contributed by atoms with Crippen molar-refractivity contribution in [2.45, 2.75) is 31.5 Å². The summed E-state index contributed by atoms with van der Waals surface area (Å²) in [5.41, 5.74) is 0.328. The van der Waals surface area contributed by atoms with Gasteiger partial charge in [-0.15, -0.1) is 5.92 Å². The number of likely N-dealkylation sites (tertiary alicyclic amines) is 1. The average Bonchev–Trinajstić information content (AvgIpc) is 3.04. The zero-order valence-corrected chi connectivity index (χ0v) is 23.5. The van der Waals surface area contributed by atoms with E-state index in [0.717, 1.165) is 37.6 Å². The molecule has 0 amide bonds. The summed E-state index contributed by atoms with van der Waals surface area (Å²) < 4.78 is 82.6. The van der Waals surface area contributed by atoms with Crippen LogP contribution in [0, 0.1) is 40.9 Å². The summed E-state index contributed by atoms with van der Waals surface area (Å²) in [6.07, 6.45) is 0.289. The van der Waals surface area contributed by atoms with Crippen molar-refractivity contribution in [3.05, 3.63) is 89.2 Å². The predicted molar refractivity (Wildman–Crippen MR) is 150 cm³/mol. The lowest BCUT2D eigenvalue weighted by atomic mass is 9.83. The minimum Gasteiger partial charge on any atom is -0.495 e. The Labute approximate surface area is 242 Å². The molecular formula is C32H32F5N3O2. The van der Waals surface area contributed by atoms with Crippen molar-refractivity contribution in [3.8, 4) is 23.3 Å². The molecule has 2 saturated heterocycles.